The molecule has 1 N–H and O–H groups in total. The second-order valence-corrected chi connectivity index (χ2v) is 10.9. The number of amides is 4. The third-order valence-electron chi connectivity index (χ3n) is 6.23. The van der Waals surface area contributed by atoms with Gasteiger partial charge in [0.1, 0.15) is 12.1 Å². The molecule has 2 aliphatic rings. The molecule has 0 radical (unpaired) electrons. The molecule has 2 aromatic carbocycles. The van der Waals surface area contributed by atoms with Gasteiger partial charge < -0.3 is 10.2 Å². The van der Waals surface area contributed by atoms with Crippen molar-refractivity contribution in [3.05, 3.63) is 71.3 Å². The number of halogens is 2. The van der Waals surface area contributed by atoms with Crippen molar-refractivity contribution in [2.45, 2.75) is 31.5 Å². The lowest BCUT2D eigenvalue weighted by atomic mass is 9.92. The van der Waals surface area contributed by atoms with Gasteiger partial charge in [0.05, 0.1) is 11.5 Å². The molecule has 0 aromatic heterocycles. The van der Waals surface area contributed by atoms with E-state index in [0.717, 1.165) is 17.7 Å². The number of imide groups is 1. The number of benzene rings is 2. The predicted octanol–water partition coefficient (Wildman–Crippen LogP) is 1.95. The molecule has 2 atom stereocenters. The average molecular weight is 492 g/mol. The largest absolute Gasteiger partial charge is 0.333 e. The Morgan fingerprint density at radius 2 is 1.85 bits per heavy atom. The van der Waals surface area contributed by atoms with Gasteiger partial charge in [-0.2, -0.15) is 0 Å². The van der Waals surface area contributed by atoms with E-state index in [1.54, 1.807) is 24.3 Å². The summed E-state index contributed by atoms with van der Waals surface area (Å²) >= 11 is 0. The smallest absolute Gasteiger partial charge is 0.325 e. The maximum atomic E-state index is 13.8. The van der Waals surface area contributed by atoms with Crippen LogP contribution in [0.2, 0.25) is 0 Å². The van der Waals surface area contributed by atoms with Gasteiger partial charge >= 0.3 is 6.03 Å². The van der Waals surface area contributed by atoms with E-state index in [0.29, 0.717) is 4.90 Å². The molecule has 0 bridgehead atoms. The number of nitrogens with zero attached hydrogens (tertiary/aromatic N) is 2. The van der Waals surface area contributed by atoms with Crippen molar-refractivity contribution in [3.63, 3.8) is 0 Å². The van der Waals surface area contributed by atoms with Crippen molar-refractivity contribution in [1.82, 2.24) is 15.1 Å². The Bertz CT molecular complexity index is 1250. The van der Waals surface area contributed by atoms with E-state index in [4.69, 9.17) is 0 Å². The third-order valence-corrected chi connectivity index (χ3v) is 7.98. The minimum Gasteiger partial charge on any atom is -0.333 e. The lowest BCUT2D eigenvalue weighted by Crippen LogP contribution is -2.48. The number of nitrogens with one attached hydrogen (secondary N) is 1. The van der Waals surface area contributed by atoms with Crippen LogP contribution in [0.5, 0.6) is 0 Å². The van der Waals surface area contributed by atoms with Crippen LogP contribution in [-0.4, -0.2) is 60.2 Å². The van der Waals surface area contributed by atoms with Gasteiger partial charge in [-0.05, 0) is 36.6 Å². The quantitative estimate of drug-likeness (QED) is 0.622. The Morgan fingerprint density at radius 3 is 2.47 bits per heavy atom. The van der Waals surface area contributed by atoms with Crippen LogP contribution in [0.15, 0.2) is 48.5 Å². The number of carbonyl (C=O) groups is 3. The summed E-state index contributed by atoms with van der Waals surface area (Å²) in [5.41, 5.74) is -0.890. The standard InChI is InChI=1S/C23H23F2N3O5S/c1-23(16-7-8-18(24)19(25)11-16)21(30)28(22(31)26-23)13-20(29)27(12-15-5-3-2-4-6-15)17-9-10-34(32,33)14-17/h2-8,11,17H,9-10,12-14H2,1H3,(H,26,31)/t17-,23+/m1/s1. The van der Waals surface area contributed by atoms with Gasteiger partial charge in [-0.1, -0.05) is 36.4 Å². The molecule has 11 heteroatoms. The SMILES string of the molecule is C[C@@]1(c2ccc(F)c(F)c2)NC(=O)N(CC(=O)N(Cc2ccccc2)[C@@H]2CCS(=O)(=O)C2)C1=O. The maximum Gasteiger partial charge on any atom is 0.325 e. The third kappa shape index (κ3) is 4.52. The molecule has 2 heterocycles. The lowest BCUT2D eigenvalue weighted by Gasteiger charge is -2.30. The van der Waals surface area contributed by atoms with Crippen molar-refractivity contribution >= 4 is 27.7 Å². The van der Waals surface area contributed by atoms with Gasteiger partial charge in [0.2, 0.25) is 5.91 Å². The van der Waals surface area contributed by atoms with E-state index in [1.165, 1.54) is 17.9 Å². The summed E-state index contributed by atoms with van der Waals surface area (Å²) in [6.07, 6.45) is 0.258. The summed E-state index contributed by atoms with van der Waals surface area (Å²) in [4.78, 5) is 41.1. The Kier molecular flexibility index (Phi) is 6.15. The van der Waals surface area contributed by atoms with Crippen molar-refractivity contribution in [1.29, 1.82) is 0 Å². The molecule has 0 aliphatic carbocycles. The summed E-state index contributed by atoms with van der Waals surface area (Å²) in [5.74, 6) is -3.91. The van der Waals surface area contributed by atoms with Gasteiger partial charge in [0, 0.05) is 12.6 Å². The van der Waals surface area contributed by atoms with E-state index in [9.17, 15) is 31.6 Å². The van der Waals surface area contributed by atoms with Crippen molar-refractivity contribution in [2.75, 3.05) is 18.1 Å². The fraction of sp³-hybridized carbons (Fsp3) is 0.348. The zero-order chi connectivity index (χ0) is 24.7. The van der Waals surface area contributed by atoms with Crippen LogP contribution in [0, 0.1) is 11.6 Å². The number of carbonyl (C=O) groups excluding carboxylic acids is 3. The van der Waals surface area contributed by atoms with Gasteiger partial charge in [-0.15, -0.1) is 0 Å². The maximum absolute atomic E-state index is 13.8. The molecule has 180 valence electrons. The molecule has 4 amide bonds. The molecule has 2 saturated heterocycles. The molecule has 34 heavy (non-hydrogen) atoms. The molecule has 4 rings (SSSR count). The van der Waals surface area contributed by atoms with Crippen molar-refractivity contribution < 1.29 is 31.6 Å². The highest BCUT2D eigenvalue weighted by Crippen LogP contribution is 2.30. The topological polar surface area (TPSA) is 104 Å². The number of hydrogen-bond acceptors (Lipinski definition) is 5. The Balaban J connectivity index is 1.57. The molecule has 0 saturated carbocycles. The van der Waals surface area contributed by atoms with Gasteiger partial charge in [-0.3, -0.25) is 14.5 Å². The molecule has 8 nitrogen and oxygen atoms in total. The average Bonchev–Trinajstić information content (AvgIpc) is 3.26. The van der Waals surface area contributed by atoms with Gasteiger partial charge in [0.25, 0.3) is 5.91 Å². The highest BCUT2D eigenvalue weighted by atomic mass is 32.2. The minimum atomic E-state index is -3.30. The highest BCUT2D eigenvalue weighted by Gasteiger charge is 2.50. The molecular formula is C23H23F2N3O5S. The van der Waals surface area contributed by atoms with Crippen molar-refractivity contribution in [2.24, 2.45) is 0 Å². The lowest BCUT2D eigenvalue weighted by molar-refractivity contribution is -0.140. The minimum absolute atomic E-state index is 0.0303. The van der Waals surface area contributed by atoms with Gasteiger partial charge in [0.15, 0.2) is 21.5 Å². The second-order valence-electron chi connectivity index (χ2n) is 8.64. The fourth-order valence-electron chi connectivity index (χ4n) is 4.29. The zero-order valence-electron chi connectivity index (χ0n) is 18.3. The Labute approximate surface area is 195 Å². The Hall–Kier alpha value is -3.34. The van der Waals surface area contributed by atoms with E-state index >= 15 is 0 Å². The summed E-state index contributed by atoms with van der Waals surface area (Å²) in [5, 5.41) is 2.45. The van der Waals surface area contributed by atoms with E-state index in [-0.39, 0.29) is 30.0 Å². The van der Waals surface area contributed by atoms with Crippen LogP contribution in [-0.2, 0) is 31.5 Å². The number of rotatable bonds is 6. The number of sulfone groups is 1. The van der Waals surface area contributed by atoms with Crippen LogP contribution >= 0.6 is 0 Å². The predicted molar refractivity (Wildman–Crippen MR) is 118 cm³/mol. The first-order chi connectivity index (χ1) is 16.0. The van der Waals surface area contributed by atoms with Crippen LogP contribution in [0.1, 0.15) is 24.5 Å². The van der Waals surface area contributed by atoms with Crippen LogP contribution in [0.3, 0.4) is 0 Å². The molecular weight excluding hydrogens is 468 g/mol. The molecule has 2 fully saturated rings. The summed E-state index contributed by atoms with van der Waals surface area (Å²) in [6, 6.07) is 10.4. The summed E-state index contributed by atoms with van der Waals surface area (Å²) in [7, 11) is -3.30. The molecule has 2 aromatic rings. The zero-order valence-corrected chi connectivity index (χ0v) is 19.1. The van der Waals surface area contributed by atoms with E-state index in [2.05, 4.69) is 5.32 Å². The Morgan fingerprint density at radius 1 is 1.15 bits per heavy atom. The van der Waals surface area contributed by atoms with Crippen LogP contribution in [0.4, 0.5) is 13.6 Å². The van der Waals surface area contributed by atoms with Crippen LogP contribution < -0.4 is 5.32 Å². The molecule has 2 aliphatic heterocycles. The fourth-order valence-corrected chi connectivity index (χ4v) is 6.02. The van der Waals surface area contributed by atoms with E-state index < -0.39 is 57.4 Å². The monoisotopic (exact) mass is 491 g/mol. The van der Waals surface area contributed by atoms with Crippen LogP contribution in [0.25, 0.3) is 0 Å². The van der Waals surface area contributed by atoms with Crippen molar-refractivity contribution in [3.8, 4) is 0 Å². The molecule has 0 unspecified atom stereocenters. The normalized spacial score (nSPS) is 23.7. The first-order valence-electron chi connectivity index (χ1n) is 10.6. The summed E-state index contributed by atoms with van der Waals surface area (Å²) in [6.45, 7) is 0.840. The van der Waals surface area contributed by atoms with E-state index in [1.807, 2.05) is 6.07 Å². The first-order valence-corrected chi connectivity index (χ1v) is 12.5. The molecule has 0 spiro atoms. The second kappa shape index (κ2) is 8.79. The first kappa shape index (κ1) is 23.8. The number of hydrogen-bond donors (Lipinski definition) is 1. The van der Waals surface area contributed by atoms with Gasteiger partial charge in [-0.25, -0.2) is 22.0 Å². The highest BCUT2D eigenvalue weighted by molar-refractivity contribution is 7.91. The number of urea groups is 1. The summed E-state index contributed by atoms with van der Waals surface area (Å²) < 4.78 is 51.2.